The molecule has 0 aromatic heterocycles. The van der Waals surface area contributed by atoms with Crippen LogP contribution >= 0.6 is 0 Å². The second kappa shape index (κ2) is 15.0. The van der Waals surface area contributed by atoms with E-state index in [1.165, 1.54) is 14.2 Å². The number of primary amides is 1. The standard InChI is InChI=1S/C41H39N5O8/c1-45(52-2)37(48)32-34-38(49)54-35(27-13-7-4-8-14-27)33(26-11-5-3-6-12-26)46(34)36(28-16-18-29(19-17-28)53-23-22-47)41(32)30-24-25(10-9-21-43-40(42)51)15-20-31(30)44-39(41)50/h3-8,11-20,24,32-36,47H,21-23H2,1-2H3,(H,44,50)(H3,42,43,51)/t32-,33-,34?,35+,36+,41-/m1/s1. The number of cyclic esters (lactones) is 1. The molecule has 4 aromatic rings. The lowest BCUT2D eigenvalue weighted by molar-refractivity contribution is -0.187. The van der Waals surface area contributed by atoms with Gasteiger partial charge in [-0.2, -0.15) is 0 Å². The number of hydrogen-bond donors (Lipinski definition) is 4. The number of fused-ring (bicyclic) bond motifs is 3. The van der Waals surface area contributed by atoms with Gasteiger partial charge in [-0.1, -0.05) is 84.6 Å². The molecule has 13 heteroatoms. The molecule has 0 saturated carbocycles. The van der Waals surface area contributed by atoms with Gasteiger partial charge in [-0.3, -0.25) is 24.1 Å². The molecule has 1 spiro atoms. The number of nitrogens with two attached hydrogens (primary N) is 1. The molecule has 2 saturated heterocycles. The number of aliphatic hydroxyl groups excluding tert-OH is 1. The van der Waals surface area contributed by atoms with E-state index in [4.69, 9.17) is 20.0 Å². The summed E-state index contributed by atoms with van der Waals surface area (Å²) in [6.07, 6.45) is -0.822. The highest BCUT2D eigenvalue weighted by Crippen LogP contribution is 2.65. The predicted molar refractivity (Wildman–Crippen MR) is 196 cm³/mol. The molecule has 3 aliphatic rings. The van der Waals surface area contributed by atoms with Crippen molar-refractivity contribution in [3.05, 3.63) is 131 Å². The van der Waals surface area contributed by atoms with Crippen LogP contribution < -0.4 is 21.1 Å². The maximum absolute atomic E-state index is 15.1. The van der Waals surface area contributed by atoms with Gasteiger partial charge in [-0.25, -0.2) is 9.86 Å². The SMILES string of the molecule is CON(C)C(=O)[C@H]1C2C(=O)O[C@@H](c3ccccc3)[C@@H](c3ccccc3)N2[C@@H](c2ccc(OCCO)cc2)[C@]12C(=O)Nc1ccc(C#CCNC(N)=O)cc12. The first-order valence-electron chi connectivity index (χ1n) is 17.4. The first kappa shape index (κ1) is 36.2. The molecular formula is C41H39N5O8. The minimum Gasteiger partial charge on any atom is -0.491 e. The maximum Gasteiger partial charge on any atom is 0.324 e. The van der Waals surface area contributed by atoms with Crippen LogP contribution in [-0.2, 0) is 29.4 Å². The fourth-order valence-corrected chi connectivity index (χ4v) is 8.12. The number of hydroxylamine groups is 2. The topological polar surface area (TPSA) is 173 Å². The van der Waals surface area contributed by atoms with Gasteiger partial charge in [-0.15, -0.1) is 0 Å². The molecule has 276 valence electrons. The van der Waals surface area contributed by atoms with Gasteiger partial charge >= 0.3 is 12.0 Å². The Labute approximate surface area is 311 Å². The van der Waals surface area contributed by atoms with Crippen molar-refractivity contribution < 1.29 is 38.6 Å². The number of carbonyl (C=O) groups is 4. The number of ether oxygens (including phenoxy) is 2. The molecule has 0 aliphatic carbocycles. The van der Waals surface area contributed by atoms with E-state index in [0.717, 1.165) is 16.2 Å². The third-order valence-electron chi connectivity index (χ3n) is 10.3. The van der Waals surface area contributed by atoms with Gasteiger partial charge < -0.3 is 30.9 Å². The monoisotopic (exact) mass is 729 g/mol. The van der Waals surface area contributed by atoms with Crippen LogP contribution in [0, 0.1) is 17.8 Å². The summed E-state index contributed by atoms with van der Waals surface area (Å²) in [4.78, 5) is 63.4. The van der Waals surface area contributed by atoms with Crippen molar-refractivity contribution in [1.82, 2.24) is 15.3 Å². The lowest BCUT2D eigenvalue weighted by Crippen LogP contribution is -2.54. The van der Waals surface area contributed by atoms with Gasteiger partial charge in [0.25, 0.3) is 5.91 Å². The van der Waals surface area contributed by atoms with E-state index in [9.17, 15) is 19.5 Å². The minimum atomic E-state index is -1.74. The second-order valence-corrected chi connectivity index (χ2v) is 13.2. The Hall–Kier alpha value is -6.20. The van der Waals surface area contributed by atoms with Crippen molar-refractivity contribution in [2.75, 3.05) is 39.2 Å². The molecule has 4 amide bonds. The number of rotatable bonds is 9. The number of hydrogen-bond acceptors (Lipinski definition) is 9. The zero-order valence-corrected chi connectivity index (χ0v) is 29.6. The number of anilines is 1. The van der Waals surface area contributed by atoms with Crippen LogP contribution in [0.4, 0.5) is 10.5 Å². The van der Waals surface area contributed by atoms with Crippen molar-refractivity contribution in [2.45, 2.75) is 29.6 Å². The van der Waals surface area contributed by atoms with Crippen molar-refractivity contribution in [1.29, 1.82) is 0 Å². The molecule has 4 aromatic carbocycles. The lowest BCUT2D eigenvalue weighted by Gasteiger charge is -2.46. The normalized spacial score (nSPS) is 24.0. The summed E-state index contributed by atoms with van der Waals surface area (Å²) in [6, 6.07) is 27.7. The summed E-state index contributed by atoms with van der Waals surface area (Å²) in [5.41, 5.74) is 7.07. The zero-order valence-electron chi connectivity index (χ0n) is 29.6. The summed E-state index contributed by atoms with van der Waals surface area (Å²) in [6.45, 7) is -0.110. The number of nitrogens with one attached hydrogen (secondary N) is 2. The molecule has 0 radical (unpaired) electrons. The van der Waals surface area contributed by atoms with E-state index in [1.54, 1.807) is 30.3 Å². The average molecular weight is 730 g/mol. The van der Waals surface area contributed by atoms with Gasteiger partial charge in [0.2, 0.25) is 5.91 Å². The number of aliphatic hydroxyl groups is 1. The van der Waals surface area contributed by atoms with Crippen molar-refractivity contribution >= 4 is 29.5 Å². The molecule has 1 unspecified atom stereocenters. The summed E-state index contributed by atoms with van der Waals surface area (Å²) >= 11 is 0. The molecular weight excluding hydrogens is 690 g/mol. The van der Waals surface area contributed by atoms with E-state index in [2.05, 4.69) is 22.5 Å². The Kier molecular flexibility index (Phi) is 10.1. The van der Waals surface area contributed by atoms with Crippen LogP contribution in [0.15, 0.2) is 103 Å². The molecule has 3 aliphatic heterocycles. The molecule has 2 fully saturated rings. The molecule has 13 nitrogen and oxygen atoms in total. The smallest absolute Gasteiger partial charge is 0.324 e. The van der Waals surface area contributed by atoms with Gasteiger partial charge in [0, 0.05) is 18.3 Å². The quantitative estimate of drug-likeness (QED) is 0.115. The Balaban J connectivity index is 1.52. The molecule has 5 N–H and O–H groups in total. The van der Waals surface area contributed by atoms with Crippen LogP contribution in [0.25, 0.3) is 0 Å². The third-order valence-corrected chi connectivity index (χ3v) is 10.3. The molecule has 0 bridgehead atoms. The maximum atomic E-state index is 15.1. The van der Waals surface area contributed by atoms with E-state index >= 15 is 4.79 Å². The molecule has 7 rings (SSSR count). The Morgan fingerprint density at radius 2 is 1.65 bits per heavy atom. The summed E-state index contributed by atoms with van der Waals surface area (Å²) in [7, 11) is 2.78. The van der Waals surface area contributed by atoms with E-state index in [0.29, 0.717) is 28.1 Å². The fraction of sp³-hybridized carbons (Fsp3) is 0.268. The highest BCUT2D eigenvalue weighted by molar-refractivity contribution is 6.12. The summed E-state index contributed by atoms with van der Waals surface area (Å²) in [5, 5.41) is 15.9. The minimum absolute atomic E-state index is 0.0108. The van der Waals surface area contributed by atoms with Crippen LogP contribution in [0.2, 0.25) is 0 Å². The Morgan fingerprint density at radius 3 is 2.30 bits per heavy atom. The molecule has 54 heavy (non-hydrogen) atoms. The Bertz CT molecular complexity index is 2120. The lowest BCUT2D eigenvalue weighted by atomic mass is 9.65. The number of carbonyl (C=O) groups excluding carboxylic acids is 4. The van der Waals surface area contributed by atoms with Gasteiger partial charge in [0.15, 0.2) is 0 Å². The van der Waals surface area contributed by atoms with Crippen LogP contribution in [-0.4, -0.2) is 78.8 Å². The average Bonchev–Trinajstić information content (AvgIpc) is 3.67. The highest BCUT2D eigenvalue weighted by Gasteiger charge is 2.74. The predicted octanol–water partition coefficient (Wildman–Crippen LogP) is 3.37. The highest BCUT2D eigenvalue weighted by atomic mass is 16.7. The number of benzene rings is 4. The molecule has 3 heterocycles. The van der Waals surface area contributed by atoms with Crippen molar-refractivity contribution in [3.63, 3.8) is 0 Å². The van der Waals surface area contributed by atoms with Crippen molar-refractivity contribution in [2.24, 2.45) is 11.7 Å². The molecule has 6 atom stereocenters. The first-order chi connectivity index (χ1) is 26.2. The fourth-order valence-electron chi connectivity index (χ4n) is 8.12. The van der Waals surface area contributed by atoms with Crippen LogP contribution in [0.3, 0.4) is 0 Å². The number of morpholine rings is 1. The van der Waals surface area contributed by atoms with E-state index in [1.807, 2.05) is 77.7 Å². The van der Waals surface area contributed by atoms with Crippen molar-refractivity contribution in [3.8, 4) is 17.6 Å². The summed E-state index contributed by atoms with van der Waals surface area (Å²) < 4.78 is 12.1. The Morgan fingerprint density at radius 1 is 0.963 bits per heavy atom. The second-order valence-electron chi connectivity index (χ2n) is 13.2. The number of nitrogens with zero attached hydrogens (tertiary/aromatic N) is 2. The third kappa shape index (κ3) is 6.20. The largest absolute Gasteiger partial charge is 0.491 e. The number of esters is 1. The van der Waals surface area contributed by atoms with Gasteiger partial charge in [-0.05, 0) is 52.6 Å². The first-order valence-corrected chi connectivity index (χ1v) is 17.4. The van der Waals surface area contributed by atoms with Gasteiger partial charge in [0.1, 0.15) is 29.9 Å². The van der Waals surface area contributed by atoms with Gasteiger partial charge in [0.05, 0.1) is 38.3 Å². The van der Waals surface area contributed by atoms with Crippen LogP contribution in [0.5, 0.6) is 5.75 Å². The van der Waals surface area contributed by atoms with E-state index in [-0.39, 0.29) is 19.8 Å². The number of amides is 4. The summed E-state index contributed by atoms with van der Waals surface area (Å²) in [5.74, 6) is 3.27. The zero-order chi connectivity index (χ0) is 38.0. The van der Waals surface area contributed by atoms with Crippen LogP contribution in [0.1, 0.15) is 46.0 Å². The van der Waals surface area contributed by atoms with E-state index < -0.39 is 59.4 Å². The number of urea groups is 1.